The molecule has 1 heterocycles. The fourth-order valence-corrected chi connectivity index (χ4v) is 3.76. The van der Waals surface area contributed by atoms with Crippen LogP contribution < -0.4 is 20.1 Å². The number of guanidine groups is 1. The number of amides is 2. The number of methoxy groups -OCH3 is 2. The van der Waals surface area contributed by atoms with Crippen molar-refractivity contribution in [2.45, 2.75) is 25.9 Å². The molecule has 2 aromatic rings. The molecule has 0 saturated carbocycles. The van der Waals surface area contributed by atoms with Crippen LogP contribution in [0.4, 0.5) is 10.5 Å². The first-order chi connectivity index (χ1) is 15.5. The molecule has 1 aliphatic rings. The van der Waals surface area contributed by atoms with Crippen LogP contribution in [0.3, 0.4) is 0 Å². The van der Waals surface area contributed by atoms with Crippen molar-refractivity contribution in [3.05, 3.63) is 53.6 Å². The number of anilines is 1. The predicted octanol–water partition coefficient (Wildman–Crippen LogP) is 4.16. The summed E-state index contributed by atoms with van der Waals surface area (Å²) in [5, 5.41) is 6.39. The second-order valence-electron chi connectivity index (χ2n) is 7.76. The van der Waals surface area contributed by atoms with E-state index in [1.54, 1.807) is 21.3 Å². The number of ether oxygens (including phenoxy) is 2. The lowest BCUT2D eigenvalue weighted by Gasteiger charge is -2.23. The van der Waals surface area contributed by atoms with E-state index >= 15 is 0 Å². The highest BCUT2D eigenvalue weighted by molar-refractivity contribution is 14.0. The molecule has 8 nitrogen and oxygen atoms in total. The summed E-state index contributed by atoms with van der Waals surface area (Å²) in [6, 6.07) is 13.6. The van der Waals surface area contributed by atoms with Gasteiger partial charge in [0.1, 0.15) is 11.5 Å². The van der Waals surface area contributed by atoms with Crippen LogP contribution in [0.25, 0.3) is 0 Å². The summed E-state index contributed by atoms with van der Waals surface area (Å²) in [4.78, 5) is 20.6. The molecule has 1 fully saturated rings. The maximum atomic E-state index is 12.3. The summed E-state index contributed by atoms with van der Waals surface area (Å²) >= 11 is 0. The van der Waals surface area contributed by atoms with E-state index < -0.39 is 0 Å². The first-order valence-electron chi connectivity index (χ1n) is 10.8. The molecular formula is C24H34IN5O3. The lowest BCUT2D eigenvalue weighted by Crippen LogP contribution is -2.38. The van der Waals surface area contributed by atoms with Crippen molar-refractivity contribution in [1.29, 1.82) is 0 Å². The maximum Gasteiger partial charge on any atom is 0.321 e. The van der Waals surface area contributed by atoms with Crippen molar-refractivity contribution in [1.82, 2.24) is 15.1 Å². The summed E-state index contributed by atoms with van der Waals surface area (Å²) in [6.45, 7) is 2.87. The third kappa shape index (κ3) is 7.41. The normalized spacial score (nSPS) is 13.2. The number of benzene rings is 2. The summed E-state index contributed by atoms with van der Waals surface area (Å²) in [6.07, 6.45) is 2.15. The number of nitrogens with one attached hydrogen (secondary N) is 2. The molecule has 0 bridgehead atoms. The van der Waals surface area contributed by atoms with E-state index in [-0.39, 0.29) is 30.0 Å². The molecule has 0 atom stereocenters. The predicted molar refractivity (Wildman–Crippen MR) is 143 cm³/mol. The van der Waals surface area contributed by atoms with Crippen molar-refractivity contribution in [3.63, 3.8) is 0 Å². The molecule has 0 spiro atoms. The van der Waals surface area contributed by atoms with Crippen molar-refractivity contribution in [3.8, 4) is 11.5 Å². The Balaban J connectivity index is 0.00000385. The molecule has 2 amide bonds. The second kappa shape index (κ2) is 13.1. The van der Waals surface area contributed by atoms with Gasteiger partial charge in [0.15, 0.2) is 5.96 Å². The second-order valence-corrected chi connectivity index (χ2v) is 7.76. The molecule has 2 aromatic carbocycles. The summed E-state index contributed by atoms with van der Waals surface area (Å²) in [7, 11) is 7.03. The molecule has 180 valence electrons. The number of carbonyl (C=O) groups excluding carboxylic acids is 1. The Kier molecular flexibility index (Phi) is 10.6. The highest BCUT2D eigenvalue weighted by Crippen LogP contribution is 2.25. The molecule has 1 saturated heterocycles. The van der Waals surface area contributed by atoms with E-state index in [9.17, 15) is 4.79 Å². The molecule has 2 N–H and O–H groups in total. The average Bonchev–Trinajstić information content (AvgIpc) is 3.35. The summed E-state index contributed by atoms with van der Waals surface area (Å²) < 4.78 is 10.8. The van der Waals surface area contributed by atoms with Gasteiger partial charge in [0.2, 0.25) is 0 Å². The van der Waals surface area contributed by atoms with Gasteiger partial charge in [-0.3, -0.25) is 4.99 Å². The van der Waals surface area contributed by atoms with Crippen LogP contribution in [0, 0.1) is 0 Å². The van der Waals surface area contributed by atoms with Gasteiger partial charge in [-0.15, -0.1) is 24.0 Å². The van der Waals surface area contributed by atoms with Gasteiger partial charge < -0.3 is 29.9 Å². The topological polar surface area (TPSA) is 78.4 Å². The number of halogens is 1. The Morgan fingerprint density at radius 1 is 1.12 bits per heavy atom. The Bertz CT molecular complexity index is 947. The van der Waals surface area contributed by atoms with Crippen LogP contribution in [0.2, 0.25) is 0 Å². The van der Waals surface area contributed by atoms with Gasteiger partial charge in [0.25, 0.3) is 0 Å². The first kappa shape index (κ1) is 26.6. The molecule has 0 aliphatic carbocycles. The third-order valence-electron chi connectivity index (χ3n) is 5.50. The van der Waals surface area contributed by atoms with Crippen LogP contribution in [-0.2, 0) is 13.1 Å². The Morgan fingerprint density at radius 2 is 1.88 bits per heavy atom. The van der Waals surface area contributed by atoms with E-state index in [1.165, 1.54) is 0 Å². The zero-order chi connectivity index (χ0) is 22.9. The minimum Gasteiger partial charge on any atom is -0.497 e. The van der Waals surface area contributed by atoms with E-state index in [1.807, 2.05) is 59.3 Å². The minimum absolute atomic E-state index is 0. The fraction of sp³-hybridized carbons (Fsp3) is 0.417. The van der Waals surface area contributed by atoms with Crippen LogP contribution in [0.15, 0.2) is 47.5 Å². The molecule has 3 rings (SSSR count). The van der Waals surface area contributed by atoms with Gasteiger partial charge in [0, 0.05) is 57.6 Å². The first-order valence-corrected chi connectivity index (χ1v) is 10.8. The third-order valence-corrected chi connectivity index (χ3v) is 5.50. The van der Waals surface area contributed by atoms with Crippen LogP contribution in [-0.4, -0.2) is 63.2 Å². The van der Waals surface area contributed by atoms with E-state index in [0.717, 1.165) is 60.2 Å². The number of urea groups is 1. The molecule has 9 heteroatoms. The number of likely N-dealkylation sites (tertiary alicyclic amines) is 1. The Hall–Kier alpha value is -2.69. The smallest absolute Gasteiger partial charge is 0.321 e. The Morgan fingerprint density at radius 3 is 2.55 bits per heavy atom. The number of carbonyl (C=O) groups is 1. The number of nitrogens with zero attached hydrogens (tertiary/aromatic N) is 3. The van der Waals surface area contributed by atoms with E-state index in [2.05, 4.69) is 15.6 Å². The van der Waals surface area contributed by atoms with Crippen LogP contribution in [0.1, 0.15) is 24.0 Å². The highest BCUT2D eigenvalue weighted by atomic mass is 127. The monoisotopic (exact) mass is 567 g/mol. The van der Waals surface area contributed by atoms with Crippen molar-refractivity contribution >= 4 is 41.7 Å². The van der Waals surface area contributed by atoms with Gasteiger partial charge in [0.05, 0.1) is 14.2 Å². The van der Waals surface area contributed by atoms with Crippen LogP contribution >= 0.6 is 24.0 Å². The van der Waals surface area contributed by atoms with Crippen molar-refractivity contribution in [2.24, 2.45) is 4.99 Å². The molecule has 1 aliphatic heterocycles. The van der Waals surface area contributed by atoms with Crippen LogP contribution in [0.5, 0.6) is 11.5 Å². The lowest BCUT2D eigenvalue weighted by atomic mass is 10.2. The fourth-order valence-electron chi connectivity index (χ4n) is 3.76. The molecule has 0 aromatic heterocycles. The maximum absolute atomic E-state index is 12.3. The zero-order valence-corrected chi connectivity index (χ0v) is 22.1. The molecule has 33 heavy (non-hydrogen) atoms. The SMILES string of the molecule is CN=C(NCc1cccc(NC(=O)N2CCCC2)c1)N(C)Cc1ccc(OC)cc1OC.I. The van der Waals surface area contributed by atoms with Gasteiger partial charge in [-0.2, -0.15) is 0 Å². The average molecular weight is 567 g/mol. The van der Waals surface area contributed by atoms with E-state index in [4.69, 9.17) is 9.47 Å². The lowest BCUT2D eigenvalue weighted by molar-refractivity contribution is 0.222. The summed E-state index contributed by atoms with van der Waals surface area (Å²) in [5.74, 6) is 2.29. The van der Waals surface area contributed by atoms with Gasteiger partial charge in [-0.05, 0) is 42.7 Å². The van der Waals surface area contributed by atoms with E-state index in [0.29, 0.717) is 13.1 Å². The van der Waals surface area contributed by atoms with Gasteiger partial charge in [-0.1, -0.05) is 12.1 Å². The standard InChI is InChI=1S/C24H33N5O3.HI/c1-25-23(28(2)17-19-10-11-21(31-3)15-22(19)32-4)26-16-18-8-7-9-20(14-18)27-24(30)29-12-5-6-13-29;/h7-11,14-15H,5-6,12-13,16-17H2,1-4H3,(H,25,26)(H,27,30);1H. The number of rotatable bonds is 7. The number of hydrogen-bond donors (Lipinski definition) is 2. The highest BCUT2D eigenvalue weighted by Gasteiger charge is 2.18. The Labute approximate surface area is 213 Å². The molecular weight excluding hydrogens is 533 g/mol. The van der Waals surface area contributed by atoms with Crippen molar-refractivity contribution < 1.29 is 14.3 Å². The number of aliphatic imine (C=N–C) groups is 1. The van der Waals surface area contributed by atoms with Crippen molar-refractivity contribution in [2.75, 3.05) is 46.7 Å². The van der Waals surface area contributed by atoms with Gasteiger partial charge >= 0.3 is 6.03 Å². The zero-order valence-electron chi connectivity index (χ0n) is 19.8. The molecule has 0 radical (unpaired) electrons. The molecule has 0 unspecified atom stereocenters. The minimum atomic E-state index is -0.0309. The largest absolute Gasteiger partial charge is 0.497 e. The van der Waals surface area contributed by atoms with Gasteiger partial charge in [-0.25, -0.2) is 4.79 Å². The quantitative estimate of drug-likeness (QED) is 0.299. The number of hydrogen-bond acceptors (Lipinski definition) is 4. The summed E-state index contributed by atoms with van der Waals surface area (Å²) in [5.41, 5.74) is 2.89.